The third-order valence-corrected chi connectivity index (χ3v) is 3.62. The van der Waals surface area contributed by atoms with Crippen LogP contribution in [0.3, 0.4) is 0 Å². The molecule has 0 aromatic carbocycles. The van der Waals surface area contributed by atoms with Gasteiger partial charge in [-0.05, 0) is 18.8 Å². The van der Waals surface area contributed by atoms with E-state index in [0.29, 0.717) is 12.8 Å². The van der Waals surface area contributed by atoms with Crippen molar-refractivity contribution in [2.75, 3.05) is 0 Å². The monoisotopic (exact) mass is 276 g/mol. The number of hydrogen-bond donors (Lipinski definition) is 1. The Morgan fingerprint density at radius 2 is 1.89 bits per heavy atom. The molecule has 1 N–H and O–H groups in total. The van der Waals surface area contributed by atoms with Gasteiger partial charge in [0, 0.05) is 0 Å². The maximum atomic E-state index is 12.1. The Morgan fingerprint density at radius 1 is 1.26 bits per heavy atom. The van der Waals surface area contributed by atoms with Crippen molar-refractivity contribution in [1.29, 1.82) is 0 Å². The van der Waals surface area contributed by atoms with Crippen molar-refractivity contribution in [3.05, 3.63) is 5.32 Å². The van der Waals surface area contributed by atoms with Gasteiger partial charge in [-0.25, -0.2) is 0 Å². The number of amides is 4. The summed E-state index contributed by atoms with van der Waals surface area (Å²) in [5, 5.41) is 5.59. The number of nitrogens with zero attached hydrogens (tertiary/aromatic N) is 1. The molecule has 102 valence electrons. The van der Waals surface area contributed by atoms with Crippen molar-refractivity contribution in [3.63, 3.8) is 0 Å². The van der Waals surface area contributed by atoms with Crippen molar-refractivity contribution in [2.45, 2.75) is 52.9 Å². The molecule has 0 radical (unpaired) electrons. The summed E-state index contributed by atoms with van der Waals surface area (Å²) in [5.41, 5.74) is -1.13. The minimum absolute atomic E-state index is 0. The molecule has 6 heteroatoms. The van der Waals surface area contributed by atoms with E-state index in [4.69, 9.17) is 0 Å². The second-order valence-corrected chi connectivity index (χ2v) is 5.08. The molecule has 2 unspecified atom stereocenters. The Balaban J connectivity index is 0.00000324. The first kappa shape index (κ1) is 18.6. The molecule has 4 amide bonds. The molecule has 0 aliphatic carbocycles. The van der Waals surface area contributed by atoms with Crippen molar-refractivity contribution < 1.29 is 43.9 Å². The number of imide groups is 2. The maximum Gasteiger partial charge on any atom is 1.00 e. The molecule has 1 aliphatic heterocycles. The Labute approximate surface area is 136 Å². The van der Waals surface area contributed by atoms with Gasteiger partial charge in [0.2, 0.25) is 0 Å². The molecule has 1 rings (SSSR count). The van der Waals surface area contributed by atoms with Crippen LogP contribution in [0.25, 0.3) is 5.32 Å². The molecule has 0 bridgehead atoms. The third-order valence-electron chi connectivity index (χ3n) is 3.62. The molecule has 19 heavy (non-hydrogen) atoms. The molecule has 0 aromatic rings. The number of hydrogen-bond acceptors (Lipinski definition) is 3. The Hall–Kier alpha value is -0.390. The molecular weight excluding hydrogens is 255 g/mol. The fraction of sp³-hybridized carbons (Fsp3) is 0.769. The van der Waals surface area contributed by atoms with Crippen LogP contribution in [0, 0.1) is 11.3 Å². The average Bonchev–Trinajstić information content (AvgIpc) is 2.32. The summed E-state index contributed by atoms with van der Waals surface area (Å²) in [5.74, 6) is -0.786. The minimum atomic E-state index is -1.13. The second-order valence-electron chi connectivity index (χ2n) is 5.08. The van der Waals surface area contributed by atoms with E-state index in [2.05, 4.69) is 10.6 Å². The minimum Gasteiger partial charge on any atom is -0.394 e. The van der Waals surface area contributed by atoms with Gasteiger partial charge in [-0.15, -0.1) is 0 Å². The van der Waals surface area contributed by atoms with Gasteiger partial charge in [0.05, 0.1) is 5.41 Å². The Kier molecular flexibility index (Phi) is 7.86. The van der Waals surface area contributed by atoms with Gasteiger partial charge in [0.1, 0.15) is 0 Å². The SMILES string of the molecule is CCCCC1(CC(C)CC)C(=O)[N-]C(=O)NC1=O.[Na+]. The zero-order valence-electron chi connectivity index (χ0n) is 12.3. The third kappa shape index (κ3) is 4.29. The van der Waals surface area contributed by atoms with E-state index >= 15 is 0 Å². The van der Waals surface area contributed by atoms with Crippen LogP contribution in [0.5, 0.6) is 0 Å². The van der Waals surface area contributed by atoms with Gasteiger partial charge in [-0.1, -0.05) is 40.0 Å². The number of unbranched alkanes of at least 4 members (excludes halogenated alkanes) is 1. The van der Waals surface area contributed by atoms with E-state index < -0.39 is 23.3 Å². The van der Waals surface area contributed by atoms with Crippen LogP contribution in [-0.4, -0.2) is 17.8 Å². The standard InChI is InChI=1S/C13H22N2O3.Na/c1-4-6-7-13(8-9(3)5-2)10(16)14-12(18)15-11(13)17;/h9H,4-8H2,1-3H3,(H2,14,15,16,17,18);/q;+1/p-1. The fourth-order valence-corrected chi connectivity index (χ4v) is 2.26. The maximum absolute atomic E-state index is 12.1. The molecule has 0 aromatic heterocycles. The zero-order valence-corrected chi connectivity index (χ0v) is 14.3. The molecule has 0 spiro atoms. The summed E-state index contributed by atoms with van der Waals surface area (Å²) in [7, 11) is 0. The smallest absolute Gasteiger partial charge is 0.394 e. The van der Waals surface area contributed by atoms with Crippen molar-refractivity contribution >= 4 is 17.8 Å². The van der Waals surface area contributed by atoms with Gasteiger partial charge >= 0.3 is 29.6 Å². The van der Waals surface area contributed by atoms with Crippen molar-refractivity contribution in [1.82, 2.24) is 5.32 Å². The molecule has 5 nitrogen and oxygen atoms in total. The number of rotatable bonds is 6. The number of carbonyl (C=O) groups excluding carboxylic acids is 3. The van der Waals surface area contributed by atoms with Gasteiger partial charge in [0.25, 0.3) is 0 Å². The largest absolute Gasteiger partial charge is 1.00 e. The predicted octanol–water partition coefficient (Wildman–Crippen LogP) is -0.247. The summed E-state index contributed by atoms with van der Waals surface area (Å²) < 4.78 is 0. The number of urea groups is 1. The first-order chi connectivity index (χ1) is 8.46. The second kappa shape index (κ2) is 8.02. The molecule has 1 fully saturated rings. The van der Waals surface area contributed by atoms with E-state index in [1.54, 1.807) is 0 Å². The molecule has 0 saturated carbocycles. The summed E-state index contributed by atoms with van der Waals surface area (Å²) in [6, 6.07) is -0.832. The topological polar surface area (TPSA) is 77.3 Å². The first-order valence-electron chi connectivity index (χ1n) is 6.57. The van der Waals surface area contributed by atoms with Crippen LogP contribution in [0.1, 0.15) is 52.9 Å². The van der Waals surface area contributed by atoms with Gasteiger partial charge in [0.15, 0.2) is 17.8 Å². The molecule has 1 heterocycles. The van der Waals surface area contributed by atoms with Crippen LogP contribution in [0.4, 0.5) is 4.79 Å². The first-order valence-corrected chi connectivity index (χ1v) is 6.57. The molecule has 2 atom stereocenters. The summed E-state index contributed by atoms with van der Waals surface area (Å²) in [6.45, 7) is 6.03. The summed E-state index contributed by atoms with van der Waals surface area (Å²) in [4.78, 5) is 35.2. The predicted molar refractivity (Wildman–Crippen MR) is 67.9 cm³/mol. The number of barbiturate groups is 1. The van der Waals surface area contributed by atoms with E-state index in [0.717, 1.165) is 19.3 Å². The summed E-state index contributed by atoms with van der Waals surface area (Å²) in [6.07, 6.45) is 3.50. The number of nitrogens with one attached hydrogen (secondary N) is 1. The molecule has 1 aliphatic rings. The van der Waals surface area contributed by atoms with Crippen LogP contribution in [-0.2, 0) is 9.59 Å². The van der Waals surface area contributed by atoms with E-state index in [-0.39, 0.29) is 35.5 Å². The quantitative estimate of drug-likeness (QED) is 0.537. The van der Waals surface area contributed by atoms with Gasteiger partial charge in [-0.3, -0.25) is 14.4 Å². The normalized spacial score (nSPS) is 24.3. The van der Waals surface area contributed by atoms with Gasteiger partial charge < -0.3 is 10.6 Å². The summed E-state index contributed by atoms with van der Waals surface area (Å²) >= 11 is 0. The zero-order chi connectivity index (χ0) is 13.8. The van der Waals surface area contributed by atoms with E-state index in [9.17, 15) is 14.4 Å². The van der Waals surface area contributed by atoms with Crippen LogP contribution >= 0.6 is 0 Å². The Bertz CT molecular complexity index is 338. The van der Waals surface area contributed by atoms with E-state index in [1.807, 2.05) is 20.8 Å². The Morgan fingerprint density at radius 3 is 2.37 bits per heavy atom. The van der Waals surface area contributed by atoms with E-state index in [1.165, 1.54) is 0 Å². The average molecular weight is 276 g/mol. The fourth-order valence-electron chi connectivity index (χ4n) is 2.26. The van der Waals surface area contributed by atoms with Crippen LogP contribution < -0.4 is 34.9 Å². The van der Waals surface area contributed by atoms with Crippen LogP contribution in [0.2, 0.25) is 0 Å². The molecule has 1 saturated heterocycles. The number of carbonyl (C=O) groups is 3. The van der Waals surface area contributed by atoms with Crippen molar-refractivity contribution in [3.8, 4) is 0 Å². The van der Waals surface area contributed by atoms with Gasteiger partial charge in [-0.2, -0.15) is 0 Å². The van der Waals surface area contributed by atoms with Crippen LogP contribution in [0.15, 0.2) is 0 Å². The molecular formula is C13H21N2NaO3. The van der Waals surface area contributed by atoms with Crippen molar-refractivity contribution in [2.24, 2.45) is 11.3 Å².